The number of carbonyl (C=O) groups excluding carboxylic acids is 2. The summed E-state index contributed by atoms with van der Waals surface area (Å²) in [4.78, 5) is 29.1. The van der Waals surface area contributed by atoms with Gasteiger partial charge >= 0.3 is 0 Å². The highest BCUT2D eigenvalue weighted by Crippen LogP contribution is 2.29. The van der Waals surface area contributed by atoms with E-state index < -0.39 is 0 Å². The lowest BCUT2D eigenvalue weighted by Gasteiger charge is -2.08. The van der Waals surface area contributed by atoms with E-state index in [1.807, 2.05) is 36.4 Å². The minimum absolute atomic E-state index is 0.0317. The largest absolute Gasteiger partial charge is 0.436 e. The van der Waals surface area contributed by atoms with E-state index in [1.54, 1.807) is 30.5 Å². The molecule has 0 radical (unpaired) electrons. The highest BCUT2D eigenvalue weighted by Gasteiger charge is 2.19. The number of hydrogen-bond acceptors (Lipinski definition) is 4. The molecule has 0 spiro atoms. The molecule has 1 heterocycles. The first-order valence-electron chi connectivity index (χ1n) is 8.81. The van der Waals surface area contributed by atoms with Crippen LogP contribution >= 0.6 is 0 Å². The van der Waals surface area contributed by atoms with Gasteiger partial charge in [-0.1, -0.05) is 48.6 Å². The summed E-state index contributed by atoms with van der Waals surface area (Å²) in [5, 5.41) is 2.70. The predicted octanol–water partition coefficient (Wildman–Crippen LogP) is 3.87. The van der Waals surface area contributed by atoms with Crippen molar-refractivity contribution in [3.8, 4) is 11.5 Å². The molecule has 2 aliphatic carbocycles. The Bertz CT molecular complexity index is 1020. The zero-order valence-electron chi connectivity index (χ0n) is 14.6. The van der Waals surface area contributed by atoms with E-state index in [9.17, 15) is 9.59 Å². The molecule has 2 aliphatic rings. The van der Waals surface area contributed by atoms with Crippen molar-refractivity contribution < 1.29 is 14.0 Å². The summed E-state index contributed by atoms with van der Waals surface area (Å²) in [6.45, 7) is -0.0317. The van der Waals surface area contributed by atoms with Crippen LogP contribution < -0.4 is 5.32 Å². The number of benzene rings is 1. The van der Waals surface area contributed by atoms with Gasteiger partial charge in [0, 0.05) is 16.7 Å². The molecule has 1 amide bonds. The quantitative estimate of drug-likeness (QED) is 0.851. The zero-order valence-corrected chi connectivity index (χ0v) is 14.6. The number of allylic oxidation sites excluding steroid dienone is 7. The Morgan fingerprint density at radius 2 is 1.89 bits per heavy atom. The van der Waals surface area contributed by atoms with Gasteiger partial charge in [-0.05, 0) is 25.0 Å². The molecule has 0 saturated heterocycles. The van der Waals surface area contributed by atoms with Crippen LogP contribution in [0.3, 0.4) is 0 Å². The van der Waals surface area contributed by atoms with Crippen molar-refractivity contribution >= 4 is 17.3 Å². The second-order valence-electron chi connectivity index (χ2n) is 6.33. The van der Waals surface area contributed by atoms with E-state index in [-0.39, 0.29) is 18.2 Å². The van der Waals surface area contributed by atoms with Crippen LogP contribution in [-0.2, 0) is 4.79 Å². The molecular weight excluding hydrogens is 340 g/mol. The first-order chi connectivity index (χ1) is 13.2. The third-order valence-electron chi connectivity index (χ3n) is 4.53. The third-order valence-corrected chi connectivity index (χ3v) is 4.53. The fraction of sp³-hybridized carbons (Fsp3) is 0.136. The number of Topliss-reactive ketones (excluding diaryl/α,β-unsaturated/α-hetero) is 1. The first kappa shape index (κ1) is 17.0. The van der Waals surface area contributed by atoms with Crippen LogP contribution in [0, 0.1) is 0 Å². The highest BCUT2D eigenvalue weighted by molar-refractivity contribution is 6.04. The van der Waals surface area contributed by atoms with Crippen LogP contribution in [0.5, 0.6) is 0 Å². The highest BCUT2D eigenvalue weighted by atomic mass is 16.4. The number of rotatable bonds is 6. The molecule has 4 rings (SSSR count). The van der Waals surface area contributed by atoms with Gasteiger partial charge in [-0.3, -0.25) is 9.59 Å². The molecular formula is C22H18N2O3. The minimum Gasteiger partial charge on any atom is -0.436 e. The summed E-state index contributed by atoms with van der Waals surface area (Å²) in [5.41, 5.74) is 2.79. The van der Waals surface area contributed by atoms with Crippen LogP contribution in [0.2, 0.25) is 0 Å². The van der Waals surface area contributed by atoms with Crippen molar-refractivity contribution in [1.29, 1.82) is 0 Å². The summed E-state index contributed by atoms with van der Waals surface area (Å²) in [6, 6.07) is 7.09. The third kappa shape index (κ3) is 3.58. The monoisotopic (exact) mass is 358 g/mol. The molecule has 5 heteroatoms. The molecule has 1 N–H and O–H groups in total. The normalized spacial score (nSPS) is 15.0. The number of nitrogens with zero attached hydrogens (tertiary/aromatic N) is 1. The summed E-state index contributed by atoms with van der Waals surface area (Å²) >= 11 is 0. The summed E-state index contributed by atoms with van der Waals surface area (Å²) < 4.78 is 5.87. The first-order valence-corrected chi connectivity index (χ1v) is 8.81. The van der Waals surface area contributed by atoms with Gasteiger partial charge in [0.15, 0.2) is 11.5 Å². The Labute approximate surface area is 156 Å². The van der Waals surface area contributed by atoms with Crippen LogP contribution in [0.25, 0.3) is 17.0 Å². The molecule has 1 aromatic heterocycles. The molecule has 0 atom stereocenters. The maximum atomic E-state index is 12.6. The van der Waals surface area contributed by atoms with Gasteiger partial charge in [-0.2, -0.15) is 0 Å². The Kier molecular flexibility index (Phi) is 4.66. The lowest BCUT2D eigenvalue weighted by atomic mass is 10.1. The Hall–Kier alpha value is -3.47. The number of hydrogen-bond donors (Lipinski definition) is 1. The van der Waals surface area contributed by atoms with Crippen molar-refractivity contribution in [2.75, 3.05) is 6.54 Å². The van der Waals surface area contributed by atoms with Gasteiger partial charge in [-0.25, -0.2) is 4.98 Å². The standard InChI is InChI=1S/C22H18N2O3/c25-19(15-7-1-2-8-15)13-23-21(26)17-11-5-6-12-18(17)22-24-14-20(27-22)16-9-3-4-10-16/h1-7,9,11-12,14H,8,10,13H2,(H,23,26). The van der Waals surface area contributed by atoms with Gasteiger partial charge in [0.1, 0.15) is 0 Å². The van der Waals surface area contributed by atoms with E-state index in [1.165, 1.54) is 0 Å². The van der Waals surface area contributed by atoms with Crippen LogP contribution in [-0.4, -0.2) is 23.2 Å². The Morgan fingerprint density at radius 1 is 1.07 bits per heavy atom. The fourth-order valence-electron chi connectivity index (χ4n) is 3.07. The number of carbonyl (C=O) groups is 2. The molecule has 0 unspecified atom stereocenters. The van der Waals surface area contributed by atoms with Gasteiger partial charge in [0.25, 0.3) is 5.91 Å². The number of amides is 1. The van der Waals surface area contributed by atoms with Gasteiger partial charge in [0.2, 0.25) is 5.89 Å². The van der Waals surface area contributed by atoms with Gasteiger partial charge < -0.3 is 9.73 Å². The molecule has 0 fully saturated rings. The minimum atomic E-state index is -0.327. The summed E-state index contributed by atoms with van der Waals surface area (Å²) in [7, 11) is 0. The number of aromatic nitrogens is 1. The maximum absolute atomic E-state index is 12.6. The van der Waals surface area contributed by atoms with Crippen molar-refractivity contribution in [2.24, 2.45) is 0 Å². The number of nitrogens with one attached hydrogen (secondary N) is 1. The average molecular weight is 358 g/mol. The molecule has 5 nitrogen and oxygen atoms in total. The smallest absolute Gasteiger partial charge is 0.252 e. The number of ketones is 1. The zero-order chi connectivity index (χ0) is 18.6. The predicted molar refractivity (Wildman–Crippen MR) is 103 cm³/mol. The average Bonchev–Trinajstić information content (AvgIpc) is 3.47. The van der Waals surface area contributed by atoms with E-state index in [0.29, 0.717) is 34.8 Å². The van der Waals surface area contributed by atoms with Crippen LogP contribution in [0.1, 0.15) is 29.0 Å². The van der Waals surface area contributed by atoms with Crippen LogP contribution in [0.4, 0.5) is 0 Å². The summed E-state index contributed by atoms with van der Waals surface area (Å²) in [6.07, 6.45) is 14.7. The van der Waals surface area contributed by atoms with Gasteiger partial charge in [-0.15, -0.1) is 0 Å². The SMILES string of the molecule is O=C(CNC(=O)c1ccccc1-c1ncc(C2=CC=CC2)o1)C1=CC=CC1. The van der Waals surface area contributed by atoms with Crippen molar-refractivity contribution in [2.45, 2.75) is 12.8 Å². The second-order valence-corrected chi connectivity index (χ2v) is 6.33. The van der Waals surface area contributed by atoms with Gasteiger partial charge in [0.05, 0.1) is 18.3 Å². The molecule has 134 valence electrons. The van der Waals surface area contributed by atoms with E-state index in [2.05, 4.69) is 10.3 Å². The maximum Gasteiger partial charge on any atom is 0.252 e. The molecule has 0 saturated carbocycles. The molecule has 0 bridgehead atoms. The molecule has 0 aliphatic heterocycles. The Morgan fingerprint density at radius 3 is 2.67 bits per heavy atom. The second kappa shape index (κ2) is 7.41. The lowest BCUT2D eigenvalue weighted by molar-refractivity contribution is -0.114. The molecule has 27 heavy (non-hydrogen) atoms. The molecule has 1 aromatic carbocycles. The summed E-state index contributed by atoms with van der Waals surface area (Å²) in [5.74, 6) is 0.676. The fourth-order valence-corrected chi connectivity index (χ4v) is 3.07. The lowest BCUT2D eigenvalue weighted by Crippen LogP contribution is -2.30. The Balaban J connectivity index is 1.50. The van der Waals surface area contributed by atoms with Crippen molar-refractivity contribution in [1.82, 2.24) is 10.3 Å². The van der Waals surface area contributed by atoms with Crippen molar-refractivity contribution in [3.05, 3.63) is 83.8 Å². The number of oxazole rings is 1. The molecule has 2 aromatic rings. The van der Waals surface area contributed by atoms with E-state index in [4.69, 9.17) is 4.42 Å². The van der Waals surface area contributed by atoms with Crippen LogP contribution in [0.15, 0.2) is 76.9 Å². The van der Waals surface area contributed by atoms with Crippen molar-refractivity contribution in [3.63, 3.8) is 0 Å². The topological polar surface area (TPSA) is 72.2 Å². The van der Waals surface area contributed by atoms with E-state index >= 15 is 0 Å². The van der Waals surface area contributed by atoms with E-state index in [0.717, 1.165) is 12.0 Å².